The first-order valence-electron chi connectivity index (χ1n) is 6.75. The molecule has 0 heterocycles. The summed E-state index contributed by atoms with van der Waals surface area (Å²) in [5, 5.41) is 13.9. The smallest absolute Gasteiger partial charge is 0.0774 e. The molecular formula is C15H22INO. The van der Waals surface area contributed by atoms with Crippen molar-refractivity contribution in [1.29, 1.82) is 0 Å². The zero-order valence-electron chi connectivity index (χ0n) is 11.0. The lowest BCUT2D eigenvalue weighted by molar-refractivity contribution is -0.0119. The maximum absolute atomic E-state index is 10.5. The molecule has 1 fully saturated rings. The molecule has 2 N–H and O–H groups in total. The molecule has 0 spiro atoms. The molecule has 2 unspecified atom stereocenters. The topological polar surface area (TPSA) is 32.3 Å². The summed E-state index contributed by atoms with van der Waals surface area (Å²) in [7, 11) is 0. The second-order valence-electron chi connectivity index (χ2n) is 5.66. The molecule has 0 saturated heterocycles. The van der Waals surface area contributed by atoms with Gasteiger partial charge in [-0.05, 0) is 59.0 Å². The van der Waals surface area contributed by atoms with Gasteiger partial charge in [0.1, 0.15) is 0 Å². The monoisotopic (exact) mass is 359 g/mol. The highest BCUT2D eigenvalue weighted by molar-refractivity contribution is 14.1. The number of benzene rings is 1. The Kier molecular flexibility index (Phi) is 5.04. The Morgan fingerprint density at radius 1 is 1.39 bits per heavy atom. The normalized spacial score (nSPS) is 28.3. The fraction of sp³-hybridized carbons (Fsp3) is 0.600. The van der Waals surface area contributed by atoms with Gasteiger partial charge in [-0.15, -0.1) is 0 Å². The average Bonchev–Trinajstić information content (AvgIpc) is 2.31. The van der Waals surface area contributed by atoms with Crippen LogP contribution in [0, 0.1) is 9.49 Å². The van der Waals surface area contributed by atoms with Gasteiger partial charge in [0, 0.05) is 16.7 Å². The molecule has 0 radical (unpaired) electrons. The molecule has 0 amide bonds. The second-order valence-corrected chi connectivity index (χ2v) is 6.90. The Balaban J connectivity index is 1.79. The Morgan fingerprint density at radius 3 is 2.78 bits per heavy atom. The fourth-order valence-corrected chi connectivity index (χ4v) is 3.19. The molecule has 0 aliphatic heterocycles. The highest BCUT2D eigenvalue weighted by atomic mass is 127. The molecule has 0 bridgehead atoms. The van der Waals surface area contributed by atoms with E-state index in [1.807, 2.05) is 0 Å². The largest absolute Gasteiger partial charge is 0.389 e. The Bertz CT molecular complexity index is 379. The van der Waals surface area contributed by atoms with Crippen LogP contribution in [0.5, 0.6) is 0 Å². The molecule has 1 aliphatic carbocycles. The first-order chi connectivity index (χ1) is 8.57. The highest BCUT2D eigenvalue weighted by Gasteiger charge is 2.31. The van der Waals surface area contributed by atoms with Crippen LogP contribution in [0.4, 0.5) is 0 Å². The van der Waals surface area contributed by atoms with Crippen LogP contribution in [0.25, 0.3) is 0 Å². The maximum atomic E-state index is 10.5. The van der Waals surface area contributed by atoms with Crippen molar-refractivity contribution in [3.05, 3.63) is 33.4 Å². The predicted molar refractivity (Wildman–Crippen MR) is 83.4 cm³/mol. The molecule has 1 aromatic rings. The SMILES string of the molecule is CC1CCCC(O)(CNCc2ccc(I)cc2)C1. The lowest BCUT2D eigenvalue weighted by Gasteiger charge is -2.35. The molecule has 2 rings (SSSR count). The summed E-state index contributed by atoms with van der Waals surface area (Å²) in [6.45, 7) is 3.79. The fourth-order valence-electron chi connectivity index (χ4n) is 2.83. The van der Waals surface area contributed by atoms with Gasteiger partial charge < -0.3 is 10.4 Å². The number of hydrogen-bond acceptors (Lipinski definition) is 2. The minimum absolute atomic E-state index is 0.485. The van der Waals surface area contributed by atoms with Crippen LogP contribution < -0.4 is 5.32 Å². The van der Waals surface area contributed by atoms with Crippen molar-refractivity contribution in [2.24, 2.45) is 5.92 Å². The molecule has 18 heavy (non-hydrogen) atoms. The summed E-state index contributed by atoms with van der Waals surface area (Å²) in [5.41, 5.74) is 0.795. The third-order valence-corrected chi connectivity index (χ3v) is 4.48. The number of halogens is 1. The molecule has 1 aliphatic rings. The van der Waals surface area contributed by atoms with Crippen LogP contribution >= 0.6 is 22.6 Å². The summed E-state index contributed by atoms with van der Waals surface area (Å²) < 4.78 is 1.26. The summed E-state index contributed by atoms with van der Waals surface area (Å²) in [5.74, 6) is 0.656. The van der Waals surface area contributed by atoms with Gasteiger partial charge in [0.25, 0.3) is 0 Å². The predicted octanol–water partition coefficient (Wildman–Crippen LogP) is 3.32. The minimum atomic E-state index is -0.485. The van der Waals surface area contributed by atoms with Crippen molar-refractivity contribution in [1.82, 2.24) is 5.32 Å². The van der Waals surface area contributed by atoms with Crippen molar-refractivity contribution in [3.63, 3.8) is 0 Å². The van der Waals surface area contributed by atoms with Gasteiger partial charge in [-0.1, -0.05) is 31.9 Å². The first-order valence-corrected chi connectivity index (χ1v) is 7.83. The van der Waals surface area contributed by atoms with E-state index < -0.39 is 5.60 Å². The molecule has 100 valence electrons. The number of rotatable bonds is 4. The van der Waals surface area contributed by atoms with E-state index in [9.17, 15) is 5.11 Å². The van der Waals surface area contributed by atoms with Gasteiger partial charge in [-0.2, -0.15) is 0 Å². The van der Waals surface area contributed by atoms with Gasteiger partial charge in [-0.25, -0.2) is 0 Å². The quantitative estimate of drug-likeness (QED) is 0.809. The van der Waals surface area contributed by atoms with E-state index in [-0.39, 0.29) is 0 Å². The standard InChI is InChI=1S/C15H22INO/c1-12-3-2-8-15(18,9-12)11-17-10-13-4-6-14(16)7-5-13/h4-7,12,17-18H,2-3,8-11H2,1H3. The molecule has 0 aromatic heterocycles. The van der Waals surface area contributed by atoms with Crippen LogP contribution in [0.3, 0.4) is 0 Å². The lowest BCUT2D eigenvalue weighted by atomic mass is 9.79. The van der Waals surface area contributed by atoms with Crippen LogP contribution in [-0.2, 0) is 6.54 Å². The number of aliphatic hydroxyl groups is 1. The van der Waals surface area contributed by atoms with Crippen molar-refractivity contribution in [3.8, 4) is 0 Å². The minimum Gasteiger partial charge on any atom is -0.389 e. The molecule has 1 aromatic carbocycles. The second kappa shape index (κ2) is 6.35. The molecule has 2 atom stereocenters. The van der Waals surface area contributed by atoms with E-state index in [0.29, 0.717) is 12.5 Å². The van der Waals surface area contributed by atoms with Crippen LogP contribution in [0.1, 0.15) is 38.2 Å². The van der Waals surface area contributed by atoms with Crippen molar-refractivity contribution < 1.29 is 5.11 Å². The highest BCUT2D eigenvalue weighted by Crippen LogP contribution is 2.31. The van der Waals surface area contributed by atoms with Crippen molar-refractivity contribution in [2.75, 3.05) is 6.54 Å². The lowest BCUT2D eigenvalue weighted by Crippen LogP contribution is -2.43. The molecule has 3 heteroatoms. The van der Waals surface area contributed by atoms with Gasteiger partial charge in [0.15, 0.2) is 0 Å². The average molecular weight is 359 g/mol. The van der Waals surface area contributed by atoms with Gasteiger partial charge in [0.05, 0.1) is 5.60 Å². The molecule has 2 nitrogen and oxygen atoms in total. The maximum Gasteiger partial charge on any atom is 0.0774 e. The molecule has 1 saturated carbocycles. The van der Waals surface area contributed by atoms with Crippen molar-refractivity contribution in [2.45, 2.75) is 44.8 Å². The zero-order valence-corrected chi connectivity index (χ0v) is 13.1. The van der Waals surface area contributed by atoms with Crippen molar-refractivity contribution >= 4 is 22.6 Å². The van der Waals surface area contributed by atoms with E-state index in [1.165, 1.54) is 15.6 Å². The van der Waals surface area contributed by atoms with Crippen LogP contribution in [0.2, 0.25) is 0 Å². The van der Waals surface area contributed by atoms with E-state index in [0.717, 1.165) is 25.8 Å². The Labute approximate surface area is 123 Å². The van der Waals surface area contributed by atoms with Crippen LogP contribution in [-0.4, -0.2) is 17.3 Å². The first kappa shape index (κ1) is 14.3. The zero-order chi connectivity index (χ0) is 13.0. The third kappa shape index (κ3) is 4.21. The summed E-state index contributed by atoms with van der Waals surface area (Å²) in [4.78, 5) is 0. The van der Waals surface area contributed by atoms with Gasteiger partial charge in [-0.3, -0.25) is 0 Å². The number of nitrogens with one attached hydrogen (secondary N) is 1. The summed E-state index contributed by atoms with van der Waals surface area (Å²) in [6, 6.07) is 8.52. The van der Waals surface area contributed by atoms with E-state index in [2.05, 4.69) is 59.1 Å². The Hall–Kier alpha value is -0.130. The van der Waals surface area contributed by atoms with Crippen LogP contribution in [0.15, 0.2) is 24.3 Å². The summed E-state index contributed by atoms with van der Waals surface area (Å²) >= 11 is 2.31. The Morgan fingerprint density at radius 2 is 2.11 bits per heavy atom. The van der Waals surface area contributed by atoms with Gasteiger partial charge >= 0.3 is 0 Å². The van der Waals surface area contributed by atoms with E-state index >= 15 is 0 Å². The summed E-state index contributed by atoms with van der Waals surface area (Å²) in [6.07, 6.45) is 4.30. The van der Waals surface area contributed by atoms with Gasteiger partial charge in [0.2, 0.25) is 0 Å². The molecular weight excluding hydrogens is 337 g/mol. The van der Waals surface area contributed by atoms with E-state index in [4.69, 9.17) is 0 Å². The number of hydrogen-bond donors (Lipinski definition) is 2. The third-order valence-electron chi connectivity index (χ3n) is 3.76. The van der Waals surface area contributed by atoms with E-state index in [1.54, 1.807) is 0 Å².